The van der Waals surface area contributed by atoms with Gasteiger partial charge >= 0.3 is 0 Å². The average Bonchev–Trinajstić information content (AvgIpc) is 2.95. The number of amides is 1. The summed E-state index contributed by atoms with van der Waals surface area (Å²) in [5.74, 6) is 1.28. The maximum atomic E-state index is 13.7. The molecule has 1 saturated carbocycles. The van der Waals surface area contributed by atoms with Crippen LogP contribution in [0, 0.1) is 11.8 Å². The Morgan fingerprint density at radius 2 is 1.22 bits per heavy atom. The molecule has 1 saturated heterocycles. The second-order valence-electron chi connectivity index (χ2n) is 10.8. The fraction of sp³-hybridized carbons (Fsp3) is 0.581. The third-order valence-electron chi connectivity index (χ3n) is 8.14. The number of aliphatic hydroxyl groups is 1. The van der Waals surface area contributed by atoms with E-state index in [1.165, 1.54) is 51.5 Å². The van der Waals surface area contributed by atoms with Crippen LogP contribution in [-0.2, 0) is 10.4 Å². The Balaban J connectivity index is 0.00000380. The average molecular weight is 528 g/mol. The number of nitrogens with one attached hydrogen (secondary N) is 2. The number of piperidine rings is 1. The molecule has 2 fully saturated rings. The zero-order chi connectivity index (χ0) is 25.1. The van der Waals surface area contributed by atoms with Crippen LogP contribution in [0.25, 0.3) is 0 Å². The zero-order valence-electron chi connectivity index (χ0n) is 22.2. The van der Waals surface area contributed by atoms with Crippen LogP contribution in [0.2, 0.25) is 0 Å². The summed E-state index contributed by atoms with van der Waals surface area (Å²) in [4.78, 5) is 15.5. The first-order valence-electron chi connectivity index (χ1n) is 14.2. The van der Waals surface area contributed by atoms with Gasteiger partial charge in [-0.1, -0.05) is 79.9 Å². The molecule has 2 aromatic rings. The van der Waals surface area contributed by atoms with E-state index >= 15 is 0 Å². The summed E-state index contributed by atoms with van der Waals surface area (Å²) in [6, 6.07) is 18.7. The number of hydrogen-bond donors (Lipinski definition) is 3. The van der Waals surface area contributed by atoms with Gasteiger partial charge in [0, 0.05) is 13.1 Å². The maximum Gasteiger partial charge on any atom is 0.263 e. The van der Waals surface area contributed by atoms with Crippen LogP contribution in [0.3, 0.4) is 0 Å². The molecule has 5 nitrogen and oxygen atoms in total. The summed E-state index contributed by atoms with van der Waals surface area (Å²) in [6.07, 6.45) is 11.5. The van der Waals surface area contributed by atoms with Gasteiger partial charge in [-0.2, -0.15) is 0 Å². The third-order valence-corrected chi connectivity index (χ3v) is 8.14. The normalized spacial score (nSPS) is 17.4. The van der Waals surface area contributed by atoms with Crippen molar-refractivity contribution in [2.45, 2.75) is 63.4 Å². The summed E-state index contributed by atoms with van der Waals surface area (Å²) in [5, 5.41) is 19.1. The van der Waals surface area contributed by atoms with Crippen LogP contribution >= 0.6 is 12.4 Å². The minimum atomic E-state index is -1.65. The standard InChI is InChI=1S/C31H45N3O2.ClH/c35-30(31(36,28-14-6-2-7-15-28)29-16-8-3-9-17-29)34-22-18-27(19-23-34)25-33-21-11-10-20-32-24-26-12-4-1-5-13-26;/h2-3,6-9,14-17,26-27,32-33,36H,1,4-5,10-13,18-25H2;1H. The van der Waals surface area contributed by atoms with Crippen molar-refractivity contribution < 1.29 is 9.90 Å². The Kier molecular flexibility index (Phi) is 12.4. The van der Waals surface area contributed by atoms with E-state index in [9.17, 15) is 9.90 Å². The molecule has 204 valence electrons. The number of rotatable bonds is 12. The van der Waals surface area contributed by atoms with Crippen LogP contribution in [0.15, 0.2) is 60.7 Å². The Morgan fingerprint density at radius 1 is 0.757 bits per heavy atom. The van der Waals surface area contributed by atoms with Crippen LogP contribution in [-0.4, -0.2) is 55.2 Å². The summed E-state index contributed by atoms with van der Waals surface area (Å²) >= 11 is 0. The molecule has 0 spiro atoms. The van der Waals surface area contributed by atoms with Crippen molar-refractivity contribution in [2.75, 3.05) is 39.3 Å². The number of carbonyl (C=O) groups is 1. The summed E-state index contributed by atoms with van der Waals surface area (Å²) < 4.78 is 0. The van der Waals surface area contributed by atoms with Gasteiger partial charge in [-0.15, -0.1) is 12.4 Å². The molecule has 2 aromatic carbocycles. The summed E-state index contributed by atoms with van der Waals surface area (Å²) in [5.41, 5.74) is -0.407. The second kappa shape index (κ2) is 15.5. The molecule has 0 atom stereocenters. The van der Waals surface area contributed by atoms with E-state index in [1.54, 1.807) is 0 Å². The van der Waals surface area contributed by atoms with Crippen LogP contribution in [0.1, 0.15) is 68.9 Å². The quantitative estimate of drug-likeness (QED) is 0.335. The molecule has 6 heteroatoms. The Morgan fingerprint density at radius 3 is 1.70 bits per heavy atom. The molecule has 2 aliphatic rings. The molecular formula is C31H46ClN3O2. The maximum absolute atomic E-state index is 13.7. The highest BCUT2D eigenvalue weighted by Crippen LogP contribution is 2.33. The fourth-order valence-electron chi connectivity index (χ4n) is 5.84. The Labute approximate surface area is 229 Å². The third kappa shape index (κ3) is 8.28. The summed E-state index contributed by atoms with van der Waals surface area (Å²) in [7, 11) is 0. The van der Waals surface area contributed by atoms with Crippen molar-refractivity contribution in [1.29, 1.82) is 0 Å². The highest BCUT2D eigenvalue weighted by Gasteiger charge is 2.43. The lowest BCUT2D eigenvalue weighted by molar-refractivity contribution is -0.149. The summed E-state index contributed by atoms with van der Waals surface area (Å²) in [6.45, 7) is 5.79. The Hall–Kier alpha value is -1.92. The van der Waals surface area contributed by atoms with Crippen molar-refractivity contribution >= 4 is 18.3 Å². The number of nitrogens with zero attached hydrogens (tertiary/aromatic N) is 1. The van der Waals surface area contributed by atoms with Gasteiger partial charge in [-0.05, 0) is 87.7 Å². The first kappa shape index (κ1) is 29.6. The molecule has 4 rings (SSSR count). The van der Waals surface area contributed by atoms with E-state index in [0.717, 1.165) is 38.4 Å². The van der Waals surface area contributed by atoms with Gasteiger partial charge < -0.3 is 20.6 Å². The smallest absolute Gasteiger partial charge is 0.263 e. The molecule has 0 radical (unpaired) electrons. The molecule has 0 bridgehead atoms. The van der Waals surface area contributed by atoms with Gasteiger partial charge in [0.2, 0.25) is 0 Å². The first-order chi connectivity index (χ1) is 17.7. The molecule has 0 aromatic heterocycles. The van der Waals surface area contributed by atoms with Crippen molar-refractivity contribution in [3.05, 3.63) is 71.8 Å². The first-order valence-corrected chi connectivity index (χ1v) is 14.2. The van der Waals surface area contributed by atoms with Crippen LogP contribution < -0.4 is 10.6 Å². The van der Waals surface area contributed by atoms with E-state index in [-0.39, 0.29) is 18.3 Å². The molecule has 1 amide bonds. The SMILES string of the molecule is Cl.O=C(N1CCC(CNCCCCNCC2CCCCC2)CC1)C(O)(c1ccccc1)c1ccccc1. The van der Waals surface area contributed by atoms with Crippen molar-refractivity contribution in [2.24, 2.45) is 11.8 Å². The minimum absolute atomic E-state index is 0. The number of hydrogen-bond acceptors (Lipinski definition) is 4. The highest BCUT2D eigenvalue weighted by atomic mass is 35.5. The molecule has 0 unspecified atom stereocenters. The molecule has 37 heavy (non-hydrogen) atoms. The van der Waals surface area contributed by atoms with E-state index in [1.807, 2.05) is 65.6 Å². The van der Waals surface area contributed by atoms with Crippen molar-refractivity contribution in [3.63, 3.8) is 0 Å². The molecule has 1 aliphatic heterocycles. The van der Waals surface area contributed by atoms with Crippen LogP contribution in [0.4, 0.5) is 0 Å². The lowest BCUT2D eigenvalue weighted by atomic mass is 9.84. The van der Waals surface area contributed by atoms with Gasteiger partial charge in [-0.3, -0.25) is 4.79 Å². The minimum Gasteiger partial charge on any atom is -0.372 e. The predicted molar refractivity (Wildman–Crippen MR) is 154 cm³/mol. The van der Waals surface area contributed by atoms with Crippen molar-refractivity contribution in [3.8, 4) is 0 Å². The van der Waals surface area contributed by atoms with Gasteiger partial charge in [0.25, 0.3) is 5.91 Å². The van der Waals surface area contributed by atoms with Gasteiger partial charge in [0.05, 0.1) is 0 Å². The van der Waals surface area contributed by atoms with E-state index in [4.69, 9.17) is 0 Å². The van der Waals surface area contributed by atoms with Gasteiger partial charge in [-0.25, -0.2) is 0 Å². The molecule has 3 N–H and O–H groups in total. The lowest BCUT2D eigenvalue weighted by Gasteiger charge is -2.38. The van der Waals surface area contributed by atoms with E-state index in [2.05, 4.69) is 10.6 Å². The monoisotopic (exact) mass is 527 g/mol. The fourth-order valence-corrected chi connectivity index (χ4v) is 5.84. The van der Waals surface area contributed by atoms with Crippen LogP contribution in [0.5, 0.6) is 0 Å². The largest absolute Gasteiger partial charge is 0.372 e. The molecule has 1 heterocycles. The van der Waals surface area contributed by atoms with Crippen molar-refractivity contribution in [1.82, 2.24) is 15.5 Å². The van der Waals surface area contributed by atoms with Gasteiger partial charge in [0.1, 0.15) is 0 Å². The second-order valence-corrected chi connectivity index (χ2v) is 10.8. The number of likely N-dealkylation sites (tertiary alicyclic amines) is 1. The highest BCUT2D eigenvalue weighted by molar-refractivity contribution is 5.90. The Bertz CT molecular complexity index is 858. The number of carbonyl (C=O) groups excluding carboxylic acids is 1. The molecule has 1 aliphatic carbocycles. The lowest BCUT2D eigenvalue weighted by Crippen LogP contribution is -2.51. The predicted octanol–water partition coefficient (Wildman–Crippen LogP) is 5.12. The van der Waals surface area contributed by atoms with E-state index in [0.29, 0.717) is 30.1 Å². The van der Waals surface area contributed by atoms with E-state index < -0.39 is 5.60 Å². The topological polar surface area (TPSA) is 64.6 Å². The zero-order valence-corrected chi connectivity index (χ0v) is 23.1. The number of unbranched alkanes of at least 4 members (excludes halogenated alkanes) is 1. The number of benzene rings is 2. The molecular weight excluding hydrogens is 482 g/mol. The van der Waals surface area contributed by atoms with Gasteiger partial charge in [0.15, 0.2) is 5.60 Å². The number of halogens is 1.